The van der Waals surface area contributed by atoms with Gasteiger partial charge in [0, 0.05) is 5.39 Å². The van der Waals surface area contributed by atoms with Gasteiger partial charge in [-0.2, -0.15) is 8.78 Å². The maximum Gasteiger partial charge on any atom is 0.441 e. The number of ether oxygens (including phenoxy) is 1. The molecule has 0 N–H and O–H groups in total. The van der Waals surface area contributed by atoms with Crippen LogP contribution < -0.4 is 9.84 Å². The molecule has 0 saturated carbocycles. The number of benzene rings is 2. The van der Waals surface area contributed by atoms with E-state index in [1.807, 2.05) is 0 Å². The van der Waals surface area contributed by atoms with Crippen LogP contribution in [-0.4, -0.2) is 12.1 Å². The number of hydrogen-bond acceptors (Lipinski definition) is 3. The summed E-state index contributed by atoms with van der Waals surface area (Å²) < 4.78 is 29.9. The Morgan fingerprint density at radius 3 is 2.47 bits per heavy atom. The molecule has 0 saturated heterocycles. The summed E-state index contributed by atoms with van der Waals surface area (Å²) in [5.74, 6) is -2.76. The van der Waals surface area contributed by atoms with Crippen LogP contribution in [0.4, 0.5) is 8.78 Å². The molecule has 0 aromatic heterocycles. The molecular weight excluding hydrogens is 230 g/mol. The number of carbonyl (C=O) groups excluding carboxylic acids is 1. The topological polar surface area (TPSA) is 49.4 Å². The van der Waals surface area contributed by atoms with E-state index in [1.165, 1.54) is 12.1 Å². The largest absolute Gasteiger partial charge is 0.541 e. The Morgan fingerprint density at radius 1 is 1.12 bits per heavy atom. The third-order valence-electron chi connectivity index (χ3n) is 2.23. The highest BCUT2D eigenvalue weighted by molar-refractivity contribution is 5.88. The molecule has 2 aromatic rings. The van der Waals surface area contributed by atoms with Gasteiger partial charge in [0.05, 0.1) is 0 Å². The quantitative estimate of drug-likeness (QED) is 0.813. The number of alkyl halides is 2. The molecular formula is C12H7F2O3-. The SMILES string of the molecule is O=C([O-])C(F)(F)Oc1cccc2ccccc12. The van der Waals surface area contributed by atoms with E-state index in [4.69, 9.17) is 0 Å². The Balaban J connectivity index is 2.46. The van der Waals surface area contributed by atoms with Crippen molar-refractivity contribution in [2.75, 3.05) is 0 Å². The summed E-state index contributed by atoms with van der Waals surface area (Å²) in [5, 5.41) is 11.3. The molecule has 0 bridgehead atoms. The van der Waals surface area contributed by atoms with Gasteiger partial charge in [-0.15, -0.1) is 0 Å². The van der Waals surface area contributed by atoms with Crippen molar-refractivity contribution in [3.8, 4) is 5.75 Å². The lowest BCUT2D eigenvalue weighted by Crippen LogP contribution is -2.45. The molecule has 88 valence electrons. The Labute approximate surface area is 95.2 Å². The minimum absolute atomic E-state index is 0.197. The Hall–Kier alpha value is -2.17. The van der Waals surface area contributed by atoms with Crippen LogP contribution in [0.3, 0.4) is 0 Å². The fourth-order valence-corrected chi connectivity index (χ4v) is 1.46. The number of halogens is 2. The van der Waals surface area contributed by atoms with Crippen molar-refractivity contribution in [3.05, 3.63) is 42.5 Å². The van der Waals surface area contributed by atoms with E-state index in [0.29, 0.717) is 10.8 Å². The van der Waals surface area contributed by atoms with Gasteiger partial charge in [-0.1, -0.05) is 36.4 Å². The van der Waals surface area contributed by atoms with Gasteiger partial charge in [-0.3, -0.25) is 0 Å². The molecule has 5 heteroatoms. The summed E-state index contributed by atoms with van der Waals surface area (Å²) in [6, 6.07) is 11.1. The zero-order valence-electron chi connectivity index (χ0n) is 8.52. The fraction of sp³-hybridized carbons (Fsp3) is 0.0833. The molecule has 0 unspecified atom stereocenters. The van der Waals surface area contributed by atoms with Gasteiger partial charge in [0.2, 0.25) is 0 Å². The van der Waals surface area contributed by atoms with Gasteiger partial charge in [-0.05, 0) is 11.5 Å². The van der Waals surface area contributed by atoms with Crippen LogP contribution >= 0.6 is 0 Å². The summed E-state index contributed by atoms with van der Waals surface area (Å²) in [4.78, 5) is 10.2. The van der Waals surface area contributed by atoms with Crippen molar-refractivity contribution in [1.82, 2.24) is 0 Å². The van der Waals surface area contributed by atoms with E-state index in [0.717, 1.165) is 0 Å². The van der Waals surface area contributed by atoms with E-state index in [-0.39, 0.29) is 5.75 Å². The molecule has 2 rings (SSSR count). The molecule has 0 aliphatic carbocycles. The summed E-state index contributed by atoms with van der Waals surface area (Å²) in [7, 11) is 0. The molecule has 0 atom stereocenters. The third-order valence-corrected chi connectivity index (χ3v) is 2.23. The molecule has 0 aliphatic rings. The summed E-state index contributed by atoms with van der Waals surface area (Å²) in [6.07, 6.45) is -4.34. The van der Waals surface area contributed by atoms with E-state index in [1.54, 1.807) is 30.3 Å². The number of hydrogen-bond donors (Lipinski definition) is 0. The van der Waals surface area contributed by atoms with Gasteiger partial charge in [0.15, 0.2) is 5.97 Å². The van der Waals surface area contributed by atoms with Gasteiger partial charge >= 0.3 is 6.11 Å². The Bertz CT molecular complexity index is 561. The van der Waals surface area contributed by atoms with Crippen LogP contribution in [0, 0.1) is 0 Å². The summed E-state index contributed by atoms with van der Waals surface area (Å²) >= 11 is 0. The minimum atomic E-state index is -4.34. The number of aliphatic carboxylic acids is 1. The van der Waals surface area contributed by atoms with Crippen LogP contribution in [0.2, 0.25) is 0 Å². The average molecular weight is 237 g/mol. The van der Waals surface area contributed by atoms with Gasteiger partial charge < -0.3 is 14.6 Å². The molecule has 17 heavy (non-hydrogen) atoms. The lowest BCUT2D eigenvalue weighted by molar-refractivity contribution is -0.350. The predicted molar refractivity (Wildman–Crippen MR) is 54.5 cm³/mol. The molecule has 3 nitrogen and oxygen atoms in total. The number of rotatable bonds is 3. The molecule has 0 heterocycles. The lowest BCUT2D eigenvalue weighted by atomic mass is 10.1. The normalized spacial score (nSPS) is 11.4. The van der Waals surface area contributed by atoms with Crippen molar-refractivity contribution in [2.45, 2.75) is 6.11 Å². The second kappa shape index (κ2) is 4.01. The van der Waals surface area contributed by atoms with Crippen molar-refractivity contribution >= 4 is 16.7 Å². The second-order valence-corrected chi connectivity index (χ2v) is 3.38. The first-order valence-electron chi connectivity index (χ1n) is 4.77. The monoisotopic (exact) mass is 237 g/mol. The third kappa shape index (κ3) is 2.18. The molecule has 0 aliphatic heterocycles. The smallest absolute Gasteiger partial charge is 0.441 e. The van der Waals surface area contributed by atoms with Crippen molar-refractivity contribution in [1.29, 1.82) is 0 Å². The second-order valence-electron chi connectivity index (χ2n) is 3.38. The van der Waals surface area contributed by atoms with Crippen molar-refractivity contribution < 1.29 is 23.4 Å². The Kier molecular flexibility index (Phi) is 2.67. The van der Waals surface area contributed by atoms with Gasteiger partial charge in [-0.25, -0.2) is 0 Å². The van der Waals surface area contributed by atoms with Gasteiger partial charge in [0.1, 0.15) is 5.75 Å². The first-order valence-corrected chi connectivity index (χ1v) is 4.77. The maximum absolute atomic E-state index is 12.9. The van der Waals surface area contributed by atoms with Crippen LogP contribution in [0.15, 0.2) is 42.5 Å². The van der Waals surface area contributed by atoms with Crippen LogP contribution in [0.1, 0.15) is 0 Å². The molecule has 0 radical (unpaired) electrons. The zero-order chi connectivity index (χ0) is 12.5. The number of fused-ring (bicyclic) bond motifs is 1. The van der Waals surface area contributed by atoms with E-state index >= 15 is 0 Å². The van der Waals surface area contributed by atoms with Crippen LogP contribution in [0.25, 0.3) is 10.8 Å². The van der Waals surface area contributed by atoms with Crippen LogP contribution in [-0.2, 0) is 4.79 Å². The molecule has 0 amide bonds. The van der Waals surface area contributed by atoms with Crippen molar-refractivity contribution in [2.24, 2.45) is 0 Å². The van der Waals surface area contributed by atoms with E-state index in [9.17, 15) is 18.7 Å². The number of carboxylic acid groups (broad SMARTS) is 1. The van der Waals surface area contributed by atoms with Crippen LogP contribution in [0.5, 0.6) is 5.75 Å². The fourth-order valence-electron chi connectivity index (χ4n) is 1.46. The van der Waals surface area contributed by atoms with Gasteiger partial charge in [0.25, 0.3) is 0 Å². The molecule has 0 fully saturated rings. The van der Waals surface area contributed by atoms with E-state index < -0.39 is 12.1 Å². The first kappa shape index (κ1) is 11.3. The highest BCUT2D eigenvalue weighted by Gasteiger charge is 2.34. The highest BCUT2D eigenvalue weighted by atomic mass is 19.3. The minimum Gasteiger partial charge on any atom is -0.541 e. The Morgan fingerprint density at radius 2 is 1.76 bits per heavy atom. The maximum atomic E-state index is 12.9. The lowest BCUT2D eigenvalue weighted by Gasteiger charge is -2.19. The summed E-state index contributed by atoms with van der Waals surface area (Å²) in [6.45, 7) is 0. The zero-order valence-corrected chi connectivity index (χ0v) is 8.52. The number of carboxylic acids is 1. The molecule has 0 spiro atoms. The van der Waals surface area contributed by atoms with Crippen molar-refractivity contribution in [3.63, 3.8) is 0 Å². The first-order chi connectivity index (χ1) is 8.00. The summed E-state index contributed by atoms with van der Waals surface area (Å²) in [5.41, 5.74) is 0. The number of carbonyl (C=O) groups is 1. The highest BCUT2D eigenvalue weighted by Crippen LogP contribution is 2.29. The molecule has 2 aromatic carbocycles. The average Bonchev–Trinajstić information content (AvgIpc) is 2.29. The standard InChI is InChI=1S/C12H8F2O3/c13-12(14,11(15)16)17-10-7-3-5-8-4-1-2-6-9(8)10/h1-7H,(H,15,16)/p-1. The predicted octanol–water partition coefficient (Wildman–Crippen LogP) is 1.56. The van der Waals surface area contributed by atoms with E-state index in [2.05, 4.69) is 4.74 Å².